The molecule has 2 aromatic carbocycles. The highest BCUT2D eigenvalue weighted by Crippen LogP contribution is 2.28. The van der Waals surface area contributed by atoms with E-state index in [0.717, 1.165) is 28.8 Å². The highest BCUT2D eigenvalue weighted by atomic mass is 19.2. The number of halogens is 2. The molecule has 1 atom stereocenters. The summed E-state index contributed by atoms with van der Waals surface area (Å²) in [5.41, 5.74) is 2.71. The summed E-state index contributed by atoms with van der Waals surface area (Å²) in [6, 6.07) is 14.1. The average molecular weight is 610 g/mol. The molecule has 13 heteroatoms. The highest BCUT2D eigenvalue weighted by molar-refractivity contribution is 6.01. The average Bonchev–Trinajstić information content (AvgIpc) is 3.42. The van der Waals surface area contributed by atoms with Gasteiger partial charge in [0.15, 0.2) is 40.3 Å². The molecule has 2 amide bonds. The van der Waals surface area contributed by atoms with Crippen molar-refractivity contribution in [3.8, 4) is 17.2 Å². The molecule has 0 radical (unpaired) electrons. The quantitative estimate of drug-likeness (QED) is 0.175. The molecule has 0 aliphatic heterocycles. The van der Waals surface area contributed by atoms with E-state index in [4.69, 9.17) is 0 Å². The number of H-pyrrole nitrogens is 1. The van der Waals surface area contributed by atoms with Gasteiger partial charge in [-0.25, -0.2) is 23.7 Å². The SMILES string of the molecule is CC(NC(=O)c1nc(C#N)cnc1NCc1ccc(-c2cnc3[nH]nc(NC(=O)C(C)(C)C)c3c2)cc1)c1ccc(F)c(F)c1. The largest absolute Gasteiger partial charge is 0.364 e. The fraction of sp³-hybridized carbons (Fsp3) is 0.219. The van der Waals surface area contributed by atoms with Gasteiger partial charge in [-0.2, -0.15) is 10.4 Å². The minimum Gasteiger partial charge on any atom is -0.364 e. The fourth-order valence-electron chi connectivity index (χ4n) is 4.31. The van der Waals surface area contributed by atoms with Crippen molar-refractivity contribution >= 4 is 34.5 Å². The van der Waals surface area contributed by atoms with Gasteiger partial charge in [0.1, 0.15) is 6.07 Å². The number of nitriles is 1. The summed E-state index contributed by atoms with van der Waals surface area (Å²) in [6.45, 7) is 7.35. The van der Waals surface area contributed by atoms with E-state index in [2.05, 4.69) is 41.1 Å². The second-order valence-corrected chi connectivity index (χ2v) is 11.4. The molecule has 228 valence electrons. The van der Waals surface area contributed by atoms with E-state index in [-0.39, 0.29) is 29.7 Å². The van der Waals surface area contributed by atoms with E-state index >= 15 is 0 Å². The number of nitrogens with zero attached hydrogens (tertiary/aromatic N) is 5. The van der Waals surface area contributed by atoms with Crippen molar-refractivity contribution in [1.29, 1.82) is 5.26 Å². The summed E-state index contributed by atoms with van der Waals surface area (Å²) in [6.07, 6.45) is 2.96. The van der Waals surface area contributed by atoms with Crippen molar-refractivity contribution in [2.45, 2.75) is 40.3 Å². The van der Waals surface area contributed by atoms with Gasteiger partial charge in [-0.05, 0) is 41.8 Å². The van der Waals surface area contributed by atoms with Crippen LogP contribution in [0.4, 0.5) is 20.4 Å². The molecule has 0 fully saturated rings. The number of aromatic nitrogens is 5. The maximum atomic E-state index is 13.7. The molecular formula is C32H29F2N9O2. The molecule has 5 aromatic rings. The van der Waals surface area contributed by atoms with Crippen molar-refractivity contribution < 1.29 is 18.4 Å². The Hall–Kier alpha value is -5.77. The number of fused-ring (bicyclic) bond motifs is 1. The van der Waals surface area contributed by atoms with E-state index in [1.165, 1.54) is 12.3 Å². The second-order valence-electron chi connectivity index (χ2n) is 11.4. The van der Waals surface area contributed by atoms with Gasteiger partial charge in [0.25, 0.3) is 5.91 Å². The van der Waals surface area contributed by atoms with Crippen LogP contribution in [0.2, 0.25) is 0 Å². The van der Waals surface area contributed by atoms with Crippen LogP contribution in [0.5, 0.6) is 0 Å². The molecule has 3 aromatic heterocycles. The first-order chi connectivity index (χ1) is 21.4. The van der Waals surface area contributed by atoms with Crippen molar-refractivity contribution in [2.24, 2.45) is 5.41 Å². The summed E-state index contributed by atoms with van der Waals surface area (Å²) >= 11 is 0. The smallest absolute Gasteiger partial charge is 0.274 e. The topological polar surface area (TPSA) is 161 Å². The lowest BCUT2D eigenvalue weighted by Crippen LogP contribution is -2.29. The van der Waals surface area contributed by atoms with E-state index in [0.29, 0.717) is 22.4 Å². The molecule has 0 bridgehead atoms. The predicted molar refractivity (Wildman–Crippen MR) is 164 cm³/mol. The van der Waals surface area contributed by atoms with Crippen LogP contribution in [-0.4, -0.2) is 37.0 Å². The van der Waals surface area contributed by atoms with Crippen LogP contribution in [0.15, 0.2) is 60.9 Å². The standard InChI is InChI=1S/C32H29F2N9O2/c1-17(20-9-10-24(33)25(34)12-20)39-30(44)26-29(38-16-22(13-35)40-26)36-14-18-5-7-19(8-6-18)21-11-23-27(37-15-21)42-43-28(23)41-31(45)32(2,3)4/h5-12,15-17H,14H2,1-4H3,(H,36,38)(H,39,44)(H2,37,41,42,43,45). The van der Waals surface area contributed by atoms with Gasteiger partial charge in [-0.1, -0.05) is 51.1 Å². The van der Waals surface area contributed by atoms with Crippen LogP contribution in [0.25, 0.3) is 22.2 Å². The third-order valence-corrected chi connectivity index (χ3v) is 6.97. The summed E-state index contributed by atoms with van der Waals surface area (Å²) in [7, 11) is 0. The minimum atomic E-state index is -1.03. The zero-order chi connectivity index (χ0) is 32.3. The van der Waals surface area contributed by atoms with Crippen LogP contribution < -0.4 is 16.0 Å². The highest BCUT2D eigenvalue weighted by Gasteiger charge is 2.23. The lowest BCUT2D eigenvalue weighted by Gasteiger charge is -2.16. The van der Waals surface area contributed by atoms with Gasteiger partial charge in [0.05, 0.1) is 17.6 Å². The number of anilines is 2. The van der Waals surface area contributed by atoms with E-state index in [9.17, 15) is 23.6 Å². The monoisotopic (exact) mass is 609 g/mol. The van der Waals surface area contributed by atoms with Crippen molar-refractivity contribution in [2.75, 3.05) is 10.6 Å². The molecule has 0 aliphatic carbocycles. The Labute approximate surface area is 257 Å². The van der Waals surface area contributed by atoms with Gasteiger partial charge in [0, 0.05) is 23.7 Å². The Morgan fingerprint density at radius 1 is 0.978 bits per heavy atom. The Morgan fingerprint density at radius 3 is 2.42 bits per heavy atom. The third kappa shape index (κ3) is 6.91. The van der Waals surface area contributed by atoms with Crippen LogP contribution >= 0.6 is 0 Å². The number of nitrogens with one attached hydrogen (secondary N) is 4. The number of hydrogen-bond donors (Lipinski definition) is 4. The Kier molecular flexibility index (Phi) is 8.49. The van der Waals surface area contributed by atoms with Gasteiger partial charge in [-0.15, -0.1) is 0 Å². The first-order valence-electron chi connectivity index (χ1n) is 13.9. The molecule has 0 saturated carbocycles. The number of amides is 2. The zero-order valence-corrected chi connectivity index (χ0v) is 24.9. The molecule has 0 saturated heterocycles. The summed E-state index contributed by atoms with van der Waals surface area (Å²) in [5, 5.41) is 25.7. The minimum absolute atomic E-state index is 0.0557. The maximum absolute atomic E-state index is 13.7. The predicted octanol–water partition coefficient (Wildman–Crippen LogP) is 5.65. The number of hydrogen-bond acceptors (Lipinski definition) is 8. The van der Waals surface area contributed by atoms with Crippen LogP contribution in [0, 0.1) is 28.4 Å². The Morgan fingerprint density at radius 2 is 1.73 bits per heavy atom. The zero-order valence-electron chi connectivity index (χ0n) is 24.9. The van der Waals surface area contributed by atoms with Crippen LogP contribution in [0.3, 0.4) is 0 Å². The summed E-state index contributed by atoms with van der Waals surface area (Å²) in [4.78, 5) is 38.4. The molecule has 45 heavy (non-hydrogen) atoms. The normalized spacial score (nSPS) is 11.9. The first-order valence-corrected chi connectivity index (χ1v) is 13.9. The number of carbonyl (C=O) groups is 2. The Balaban J connectivity index is 1.30. The molecule has 1 unspecified atom stereocenters. The van der Waals surface area contributed by atoms with Gasteiger partial charge in [0.2, 0.25) is 5.91 Å². The second kappa shape index (κ2) is 12.5. The molecule has 0 aliphatic rings. The van der Waals surface area contributed by atoms with Crippen LogP contribution in [-0.2, 0) is 11.3 Å². The van der Waals surface area contributed by atoms with Crippen molar-refractivity contribution in [3.63, 3.8) is 0 Å². The number of carbonyl (C=O) groups excluding carboxylic acids is 2. The number of benzene rings is 2. The van der Waals surface area contributed by atoms with E-state index in [1.54, 1.807) is 13.1 Å². The number of rotatable bonds is 8. The first kappa shape index (κ1) is 30.7. The van der Waals surface area contributed by atoms with Crippen molar-refractivity contribution in [3.05, 3.63) is 95.1 Å². The van der Waals surface area contributed by atoms with Gasteiger partial charge < -0.3 is 16.0 Å². The number of aromatic amines is 1. The summed E-state index contributed by atoms with van der Waals surface area (Å²) < 4.78 is 27.1. The molecule has 11 nitrogen and oxygen atoms in total. The fourth-order valence-corrected chi connectivity index (χ4v) is 4.31. The molecule has 0 spiro atoms. The lowest BCUT2D eigenvalue weighted by atomic mass is 9.96. The van der Waals surface area contributed by atoms with Crippen molar-refractivity contribution in [1.82, 2.24) is 30.5 Å². The molecule has 5 rings (SSSR count). The third-order valence-electron chi connectivity index (χ3n) is 6.97. The Bertz CT molecular complexity index is 1940. The van der Waals surface area contributed by atoms with Crippen LogP contribution in [0.1, 0.15) is 61.0 Å². The van der Waals surface area contributed by atoms with Gasteiger partial charge >= 0.3 is 0 Å². The molecule has 4 N–H and O–H groups in total. The molecular weight excluding hydrogens is 580 g/mol. The molecule has 3 heterocycles. The van der Waals surface area contributed by atoms with E-state index in [1.807, 2.05) is 57.2 Å². The number of pyridine rings is 1. The van der Waals surface area contributed by atoms with E-state index < -0.39 is 29.0 Å². The summed E-state index contributed by atoms with van der Waals surface area (Å²) in [5.74, 6) is -2.27. The lowest BCUT2D eigenvalue weighted by molar-refractivity contribution is -0.123. The van der Waals surface area contributed by atoms with Gasteiger partial charge in [-0.3, -0.25) is 14.7 Å². The maximum Gasteiger partial charge on any atom is 0.274 e.